The summed E-state index contributed by atoms with van der Waals surface area (Å²) in [7, 11) is -2.71. The average Bonchev–Trinajstić information content (AvgIpc) is 2.87. The van der Waals surface area contributed by atoms with Crippen LogP contribution in [-0.2, 0) is 14.8 Å². The van der Waals surface area contributed by atoms with Gasteiger partial charge in [0.1, 0.15) is 18.0 Å². The van der Waals surface area contributed by atoms with Crippen LogP contribution in [0, 0.1) is 0 Å². The van der Waals surface area contributed by atoms with Crippen molar-refractivity contribution in [3.63, 3.8) is 0 Å². The summed E-state index contributed by atoms with van der Waals surface area (Å²) in [6.07, 6.45) is 2.37. The number of amides is 1. The lowest BCUT2D eigenvalue weighted by molar-refractivity contribution is -0.119. The molecule has 35 heavy (non-hydrogen) atoms. The first-order valence-electron chi connectivity index (χ1n) is 10.8. The normalized spacial score (nSPS) is 11.3. The molecule has 1 N–H and O–H groups in total. The van der Waals surface area contributed by atoms with E-state index < -0.39 is 22.5 Å². The van der Waals surface area contributed by atoms with Crippen LogP contribution >= 0.6 is 11.6 Å². The zero-order valence-electron chi connectivity index (χ0n) is 19.3. The Bertz CT molecular complexity index is 1270. The Kier molecular flexibility index (Phi) is 9.11. The molecule has 0 radical (unpaired) electrons. The van der Waals surface area contributed by atoms with Gasteiger partial charge in [-0.2, -0.15) is 5.10 Å². The summed E-state index contributed by atoms with van der Waals surface area (Å²) in [5, 5.41) is 4.24. The van der Waals surface area contributed by atoms with E-state index in [0.29, 0.717) is 11.6 Å². The van der Waals surface area contributed by atoms with Gasteiger partial charge in [-0.1, -0.05) is 36.7 Å². The van der Waals surface area contributed by atoms with E-state index in [9.17, 15) is 13.2 Å². The van der Waals surface area contributed by atoms with Crippen LogP contribution in [0.5, 0.6) is 11.5 Å². The smallest absolute Gasteiger partial charge is 0.264 e. The van der Waals surface area contributed by atoms with Gasteiger partial charge < -0.3 is 9.47 Å². The maximum absolute atomic E-state index is 13.4. The highest BCUT2D eigenvalue weighted by atomic mass is 35.5. The second-order valence-corrected chi connectivity index (χ2v) is 9.65. The fourth-order valence-electron chi connectivity index (χ4n) is 3.09. The van der Waals surface area contributed by atoms with Crippen LogP contribution in [0.1, 0.15) is 18.9 Å². The molecule has 3 aromatic carbocycles. The van der Waals surface area contributed by atoms with Crippen LogP contribution in [0.2, 0.25) is 5.02 Å². The third-order valence-corrected chi connectivity index (χ3v) is 6.79. The lowest BCUT2D eigenvalue weighted by Crippen LogP contribution is -2.39. The topological polar surface area (TPSA) is 97.3 Å². The minimum Gasteiger partial charge on any atom is -0.495 e. The number of hydrogen-bond donors (Lipinski definition) is 1. The molecule has 3 aromatic rings. The van der Waals surface area contributed by atoms with E-state index in [1.165, 1.54) is 37.6 Å². The van der Waals surface area contributed by atoms with E-state index in [2.05, 4.69) is 10.5 Å². The molecule has 0 aliphatic rings. The predicted octanol–water partition coefficient (Wildman–Crippen LogP) is 4.48. The number of hydrazone groups is 1. The molecule has 0 aromatic heterocycles. The molecule has 0 fully saturated rings. The molecule has 184 valence electrons. The van der Waals surface area contributed by atoms with Gasteiger partial charge in [0.15, 0.2) is 0 Å². The molecule has 0 spiro atoms. The molecule has 0 heterocycles. The standard InChI is InChI=1S/C25H26ClN3O5S/c1-3-15-34-21-12-9-19(10-13-21)17-27-28-25(30)18-29(23-16-20(26)11-14-24(23)33-2)35(31,32)22-7-5-4-6-8-22/h4-14,16-17H,3,15,18H2,1-2H3,(H,28,30)/b27-17-. The number of sulfonamides is 1. The summed E-state index contributed by atoms with van der Waals surface area (Å²) in [5.41, 5.74) is 3.24. The Labute approximate surface area is 210 Å². The van der Waals surface area contributed by atoms with Gasteiger partial charge in [-0.3, -0.25) is 9.10 Å². The van der Waals surface area contributed by atoms with E-state index >= 15 is 0 Å². The highest BCUT2D eigenvalue weighted by Gasteiger charge is 2.29. The lowest BCUT2D eigenvalue weighted by atomic mass is 10.2. The number of rotatable bonds is 11. The number of anilines is 1. The third kappa shape index (κ3) is 6.97. The lowest BCUT2D eigenvalue weighted by Gasteiger charge is -2.25. The molecule has 8 nitrogen and oxygen atoms in total. The Morgan fingerprint density at radius 2 is 1.80 bits per heavy atom. The molecule has 0 atom stereocenters. The van der Waals surface area contributed by atoms with Crippen LogP contribution in [0.25, 0.3) is 0 Å². The maximum atomic E-state index is 13.4. The summed E-state index contributed by atoms with van der Waals surface area (Å²) in [4.78, 5) is 12.7. The summed E-state index contributed by atoms with van der Waals surface area (Å²) in [6, 6.07) is 19.5. The molecule has 0 saturated carbocycles. The van der Waals surface area contributed by atoms with Gasteiger partial charge in [0.2, 0.25) is 0 Å². The first-order valence-corrected chi connectivity index (χ1v) is 12.6. The molecule has 3 rings (SSSR count). The van der Waals surface area contributed by atoms with Crippen LogP contribution < -0.4 is 19.2 Å². The minimum atomic E-state index is -4.12. The van der Waals surface area contributed by atoms with Gasteiger partial charge in [0.05, 0.1) is 30.5 Å². The summed E-state index contributed by atoms with van der Waals surface area (Å²) < 4.78 is 38.7. The highest BCUT2D eigenvalue weighted by molar-refractivity contribution is 7.92. The van der Waals surface area contributed by atoms with Gasteiger partial charge in [-0.25, -0.2) is 13.8 Å². The third-order valence-electron chi connectivity index (χ3n) is 4.78. The van der Waals surface area contributed by atoms with E-state index in [1.807, 2.05) is 6.92 Å². The van der Waals surface area contributed by atoms with Crippen molar-refractivity contribution in [2.45, 2.75) is 18.2 Å². The minimum absolute atomic E-state index is 0.0173. The SMILES string of the molecule is CCCOc1ccc(/C=N\NC(=O)CN(c2cc(Cl)ccc2OC)S(=O)(=O)c2ccccc2)cc1. The van der Waals surface area contributed by atoms with E-state index in [1.54, 1.807) is 48.5 Å². The number of ether oxygens (including phenoxy) is 2. The van der Waals surface area contributed by atoms with Crippen molar-refractivity contribution in [1.29, 1.82) is 0 Å². The molecule has 10 heteroatoms. The number of halogens is 1. The second kappa shape index (κ2) is 12.2. The molecule has 0 bridgehead atoms. The van der Waals surface area contributed by atoms with Crippen molar-refractivity contribution in [3.8, 4) is 11.5 Å². The van der Waals surface area contributed by atoms with Crippen molar-refractivity contribution >= 4 is 39.4 Å². The summed E-state index contributed by atoms with van der Waals surface area (Å²) in [6.45, 7) is 2.11. The van der Waals surface area contributed by atoms with E-state index in [4.69, 9.17) is 21.1 Å². The highest BCUT2D eigenvalue weighted by Crippen LogP contribution is 2.34. The number of nitrogens with one attached hydrogen (secondary N) is 1. The summed E-state index contributed by atoms with van der Waals surface area (Å²) in [5.74, 6) is 0.339. The van der Waals surface area contributed by atoms with Gasteiger partial charge in [-0.05, 0) is 66.6 Å². The van der Waals surface area contributed by atoms with Crippen LogP contribution in [0.3, 0.4) is 0 Å². The zero-order chi connectivity index (χ0) is 25.3. The predicted molar refractivity (Wildman–Crippen MR) is 137 cm³/mol. The zero-order valence-corrected chi connectivity index (χ0v) is 20.9. The van der Waals surface area contributed by atoms with Gasteiger partial charge in [0, 0.05) is 5.02 Å². The average molecular weight is 516 g/mol. The monoisotopic (exact) mass is 515 g/mol. The van der Waals surface area contributed by atoms with Gasteiger partial charge in [-0.15, -0.1) is 0 Å². The van der Waals surface area contributed by atoms with Gasteiger partial charge in [0.25, 0.3) is 15.9 Å². The van der Waals surface area contributed by atoms with Crippen molar-refractivity contribution in [1.82, 2.24) is 5.43 Å². The number of carbonyl (C=O) groups is 1. The fourth-order valence-corrected chi connectivity index (χ4v) is 4.70. The largest absolute Gasteiger partial charge is 0.495 e. The van der Waals surface area contributed by atoms with Crippen LogP contribution in [0.4, 0.5) is 5.69 Å². The van der Waals surface area contributed by atoms with E-state index in [0.717, 1.165) is 22.0 Å². The summed E-state index contributed by atoms with van der Waals surface area (Å²) >= 11 is 6.13. The second-order valence-electron chi connectivity index (χ2n) is 7.35. The Morgan fingerprint density at radius 1 is 1.09 bits per heavy atom. The first kappa shape index (κ1) is 26.1. The number of carbonyl (C=O) groups excluding carboxylic acids is 1. The maximum Gasteiger partial charge on any atom is 0.264 e. The Balaban J connectivity index is 1.81. The van der Waals surface area contributed by atoms with Crippen molar-refractivity contribution in [2.75, 3.05) is 24.6 Å². The molecular weight excluding hydrogens is 490 g/mol. The van der Waals surface area contributed by atoms with Crippen molar-refractivity contribution in [3.05, 3.63) is 83.4 Å². The first-order chi connectivity index (χ1) is 16.8. The quantitative estimate of drug-likeness (QED) is 0.300. The molecule has 1 amide bonds. The number of benzene rings is 3. The van der Waals surface area contributed by atoms with Crippen molar-refractivity contribution in [2.24, 2.45) is 5.10 Å². The van der Waals surface area contributed by atoms with Crippen LogP contribution in [0.15, 0.2) is 82.8 Å². The molecule has 0 aliphatic carbocycles. The molecular formula is C25H26ClN3O5S. The molecule has 0 unspecified atom stereocenters. The van der Waals surface area contributed by atoms with Gasteiger partial charge >= 0.3 is 0 Å². The number of nitrogens with zero attached hydrogens (tertiary/aromatic N) is 2. The number of hydrogen-bond acceptors (Lipinski definition) is 6. The Morgan fingerprint density at radius 3 is 2.46 bits per heavy atom. The van der Waals surface area contributed by atoms with Crippen molar-refractivity contribution < 1.29 is 22.7 Å². The van der Waals surface area contributed by atoms with E-state index in [-0.39, 0.29) is 16.3 Å². The Hall–Kier alpha value is -3.56. The number of methoxy groups -OCH3 is 1. The fraction of sp³-hybridized carbons (Fsp3) is 0.200. The molecule has 0 saturated heterocycles. The molecule has 0 aliphatic heterocycles. The van der Waals surface area contributed by atoms with Crippen LogP contribution in [-0.4, -0.2) is 40.8 Å².